The summed E-state index contributed by atoms with van der Waals surface area (Å²) in [5.41, 5.74) is 2.66. The summed E-state index contributed by atoms with van der Waals surface area (Å²) in [6, 6.07) is 0.340. The molecule has 0 bridgehead atoms. The van der Waals surface area contributed by atoms with Gasteiger partial charge in [-0.2, -0.15) is 0 Å². The van der Waals surface area contributed by atoms with E-state index in [1.54, 1.807) is 7.11 Å². The SMILES string of the molecule is COCCCN=C(NN)N(C)C1CCOC1C. The molecule has 0 amide bonds. The Balaban J connectivity index is 2.47. The van der Waals surface area contributed by atoms with Crippen molar-refractivity contribution in [1.29, 1.82) is 0 Å². The summed E-state index contributed by atoms with van der Waals surface area (Å²) in [4.78, 5) is 6.49. The number of guanidine groups is 1. The molecule has 17 heavy (non-hydrogen) atoms. The van der Waals surface area contributed by atoms with E-state index in [9.17, 15) is 0 Å². The van der Waals surface area contributed by atoms with Crippen LogP contribution in [0.3, 0.4) is 0 Å². The van der Waals surface area contributed by atoms with Gasteiger partial charge in [-0.1, -0.05) is 0 Å². The molecule has 0 aromatic carbocycles. The first-order valence-corrected chi connectivity index (χ1v) is 6.05. The number of likely N-dealkylation sites (N-methyl/N-ethyl adjacent to an activating group) is 1. The predicted octanol–water partition coefficient (Wildman–Crippen LogP) is -0.0486. The van der Waals surface area contributed by atoms with Gasteiger partial charge in [0.25, 0.3) is 0 Å². The van der Waals surface area contributed by atoms with E-state index >= 15 is 0 Å². The van der Waals surface area contributed by atoms with E-state index in [2.05, 4.69) is 22.2 Å². The molecule has 1 saturated heterocycles. The van der Waals surface area contributed by atoms with Crippen LogP contribution in [0.5, 0.6) is 0 Å². The van der Waals surface area contributed by atoms with Crippen LogP contribution in [0, 0.1) is 0 Å². The number of hydrogen-bond donors (Lipinski definition) is 2. The van der Waals surface area contributed by atoms with Crippen molar-refractivity contribution in [2.75, 3.05) is 33.9 Å². The Labute approximate surface area is 103 Å². The highest BCUT2D eigenvalue weighted by molar-refractivity contribution is 5.79. The Morgan fingerprint density at radius 2 is 2.41 bits per heavy atom. The van der Waals surface area contributed by atoms with Crippen molar-refractivity contribution in [3.05, 3.63) is 0 Å². The number of nitrogens with two attached hydrogens (primary N) is 1. The normalized spacial score (nSPS) is 25.1. The quantitative estimate of drug-likeness (QED) is 0.233. The largest absolute Gasteiger partial charge is 0.385 e. The molecule has 0 radical (unpaired) electrons. The average Bonchev–Trinajstić information content (AvgIpc) is 2.75. The molecular formula is C11H24N4O2. The van der Waals surface area contributed by atoms with Gasteiger partial charge >= 0.3 is 0 Å². The Hall–Kier alpha value is -0.850. The van der Waals surface area contributed by atoms with Crippen molar-refractivity contribution in [3.63, 3.8) is 0 Å². The standard InChI is InChI=1S/C11H24N4O2/c1-9-10(5-8-17-9)15(2)11(14-12)13-6-4-7-16-3/h9-10H,4-8,12H2,1-3H3,(H,13,14). The van der Waals surface area contributed by atoms with Gasteiger partial charge in [0, 0.05) is 33.9 Å². The molecule has 6 nitrogen and oxygen atoms in total. The maximum atomic E-state index is 5.54. The molecule has 100 valence electrons. The molecule has 0 aromatic heterocycles. The van der Waals surface area contributed by atoms with Crippen molar-refractivity contribution in [1.82, 2.24) is 10.3 Å². The summed E-state index contributed by atoms with van der Waals surface area (Å²) in [5, 5.41) is 0. The summed E-state index contributed by atoms with van der Waals surface area (Å²) in [7, 11) is 3.68. The smallest absolute Gasteiger partial charge is 0.208 e. The lowest BCUT2D eigenvalue weighted by Crippen LogP contribution is -2.49. The Morgan fingerprint density at radius 1 is 1.65 bits per heavy atom. The molecule has 2 unspecified atom stereocenters. The maximum Gasteiger partial charge on any atom is 0.208 e. The van der Waals surface area contributed by atoms with Crippen LogP contribution in [0.15, 0.2) is 4.99 Å². The van der Waals surface area contributed by atoms with Crippen LogP contribution in [0.2, 0.25) is 0 Å². The van der Waals surface area contributed by atoms with E-state index in [0.29, 0.717) is 25.2 Å². The minimum absolute atomic E-state index is 0.220. The van der Waals surface area contributed by atoms with Gasteiger partial charge in [0.1, 0.15) is 0 Å². The van der Waals surface area contributed by atoms with Gasteiger partial charge in [-0.05, 0) is 19.8 Å². The molecule has 6 heteroatoms. The van der Waals surface area contributed by atoms with Crippen LogP contribution in [0.25, 0.3) is 0 Å². The maximum absolute atomic E-state index is 5.54. The van der Waals surface area contributed by atoms with Crippen molar-refractivity contribution < 1.29 is 9.47 Å². The Kier molecular flexibility index (Phi) is 6.25. The molecule has 1 aliphatic heterocycles. The third-order valence-corrected chi connectivity index (χ3v) is 3.07. The molecule has 0 aliphatic carbocycles. The number of methoxy groups -OCH3 is 1. The van der Waals surface area contributed by atoms with Gasteiger partial charge in [-0.15, -0.1) is 0 Å². The number of hydrogen-bond acceptors (Lipinski definition) is 4. The summed E-state index contributed by atoms with van der Waals surface area (Å²) in [5.74, 6) is 6.22. The highest BCUT2D eigenvalue weighted by Crippen LogP contribution is 2.17. The molecule has 1 rings (SSSR count). The van der Waals surface area contributed by atoms with Crippen LogP contribution in [-0.4, -0.2) is 56.9 Å². The van der Waals surface area contributed by atoms with Gasteiger partial charge in [-0.3, -0.25) is 10.4 Å². The number of aliphatic imine (C=N–C) groups is 1. The minimum atomic E-state index is 0.220. The van der Waals surface area contributed by atoms with Gasteiger partial charge in [0.15, 0.2) is 0 Å². The van der Waals surface area contributed by atoms with Crippen LogP contribution < -0.4 is 11.3 Å². The zero-order valence-corrected chi connectivity index (χ0v) is 11.0. The van der Waals surface area contributed by atoms with Crippen molar-refractivity contribution in [3.8, 4) is 0 Å². The fourth-order valence-corrected chi connectivity index (χ4v) is 2.04. The van der Waals surface area contributed by atoms with Crippen LogP contribution in [0.4, 0.5) is 0 Å². The molecule has 0 saturated carbocycles. The van der Waals surface area contributed by atoms with Crippen LogP contribution in [-0.2, 0) is 9.47 Å². The fourth-order valence-electron chi connectivity index (χ4n) is 2.04. The predicted molar refractivity (Wildman–Crippen MR) is 67.7 cm³/mol. The molecule has 0 spiro atoms. The monoisotopic (exact) mass is 244 g/mol. The average molecular weight is 244 g/mol. The van der Waals surface area contributed by atoms with Crippen LogP contribution in [0.1, 0.15) is 19.8 Å². The number of ether oxygens (including phenoxy) is 2. The van der Waals surface area contributed by atoms with Gasteiger partial charge in [0.05, 0.1) is 12.1 Å². The van der Waals surface area contributed by atoms with Gasteiger partial charge < -0.3 is 14.4 Å². The van der Waals surface area contributed by atoms with Crippen LogP contribution >= 0.6 is 0 Å². The van der Waals surface area contributed by atoms with Gasteiger partial charge in [-0.25, -0.2) is 5.84 Å². The van der Waals surface area contributed by atoms with Crippen molar-refractivity contribution >= 4 is 5.96 Å². The van der Waals surface area contributed by atoms with Crippen molar-refractivity contribution in [2.24, 2.45) is 10.8 Å². The second-order valence-electron chi connectivity index (χ2n) is 4.24. The van der Waals surface area contributed by atoms with E-state index in [1.807, 2.05) is 7.05 Å². The highest BCUT2D eigenvalue weighted by atomic mass is 16.5. The highest BCUT2D eigenvalue weighted by Gasteiger charge is 2.29. The number of nitrogens with one attached hydrogen (secondary N) is 1. The molecular weight excluding hydrogens is 220 g/mol. The lowest BCUT2D eigenvalue weighted by atomic mass is 10.1. The number of nitrogens with zero attached hydrogens (tertiary/aromatic N) is 2. The summed E-state index contributed by atoms with van der Waals surface area (Å²) >= 11 is 0. The minimum Gasteiger partial charge on any atom is -0.385 e. The van der Waals surface area contributed by atoms with E-state index in [4.69, 9.17) is 15.3 Å². The summed E-state index contributed by atoms with van der Waals surface area (Å²) in [6.07, 6.45) is 2.13. The number of rotatable bonds is 5. The first-order valence-electron chi connectivity index (χ1n) is 6.05. The molecule has 1 heterocycles. The lowest BCUT2D eigenvalue weighted by Gasteiger charge is -2.29. The number of hydrazine groups is 1. The lowest BCUT2D eigenvalue weighted by molar-refractivity contribution is 0.0991. The Bertz CT molecular complexity index is 248. The first kappa shape index (κ1) is 14.2. The molecule has 1 aliphatic rings. The topological polar surface area (TPSA) is 72.1 Å². The first-order chi connectivity index (χ1) is 8.20. The summed E-state index contributed by atoms with van der Waals surface area (Å²) in [6.45, 7) is 4.30. The second kappa shape index (κ2) is 7.47. The van der Waals surface area contributed by atoms with E-state index in [1.165, 1.54) is 0 Å². The molecule has 0 aromatic rings. The zero-order valence-electron chi connectivity index (χ0n) is 11.0. The third kappa shape index (κ3) is 4.14. The van der Waals surface area contributed by atoms with E-state index in [0.717, 1.165) is 19.4 Å². The second-order valence-corrected chi connectivity index (χ2v) is 4.24. The molecule has 1 fully saturated rings. The fraction of sp³-hybridized carbons (Fsp3) is 0.909. The summed E-state index contributed by atoms with van der Waals surface area (Å²) < 4.78 is 10.5. The van der Waals surface area contributed by atoms with E-state index < -0.39 is 0 Å². The van der Waals surface area contributed by atoms with E-state index in [-0.39, 0.29) is 6.10 Å². The third-order valence-electron chi connectivity index (χ3n) is 3.07. The molecule has 3 N–H and O–H groups in total. The Morgan fingerprint density at radius 3 is 2.94 bits per heavy atom. The van der Waals surface area contributed by atoms with Crippen molar-refractivity contribution in [2.45, 2.75) is 31.9 Å². The van der Waals surface area contributed by atoms with Gasteiger partial charge in [0.2, 0.25) is 5.96 Å². The zero-order chi connectivity index (χ0) is 12.7. The molecule has 2 atom stereocenters.